The van der Waals surface area contributed by atoms with E-state index in [2.05, 4.69) is 15.5 Å². The Hall–Kier alpha value is -2.40. The summed E-state index contributed by atoms with van der Waals surface area (Å²) in [5, 5.41) is 15.5. The van der Waals surface area contributed by atoms with Crippen LogP contribution in [0.25, 0.3) is 0 Å². The number of hydrogen-bond acceptors (Lipinski definition) is 3. The molecular formula is C19H22ClN3O2. The topological polar surface area (TPSA) is 64.6 Å². The van der Waals surface area contributed by atoms with Gasteiger partial charge in [-0.25, -0.2) is 4.79 Å². The van der Waals surface area contributed by atoms with E-state index in [4.69, 9.17) is 11.6 Å². The monoisotopic (exact) mass is 359 g/mol. The van der Waals surface area contributed by atoms with Gasteiger partial charge in [0.2, 0.25) is 0 Å². The maximum atomic E-state index is 12.0. The predicted molar refractivity (Wildman–Crippen MR) is 101 cm³/mol. The number of phenols is 1. The second-order valence-electron chi connectivity index (χ2n) is 6.19. The third kappa shape index (κ3) is 4.79. The fourth-order valence-electron chi connectivity index (χ4n) is 2.95. The molecule has 0 bridgehead atoms. The van der Waals surface area contributed by atoms with Crippen LogP contribution >= 0.6 is 11.6 Å². The quantitative estimate of drug-likeness (QED) is 0.760. The number of amides is 2. The molecule has 0 saturated carbocycles. The van der Waals surface area contributed by atoms with Gasteiger partial charge in [0.05, 0.1) is 10.7 Å². The van der Waals surface area contributed by atoms with Gasteiger partial charge in [0.1, 0.15) is 5.75 Å². The minimum atomic E-state index is -0.296. The van der Waals surface area contributed by atoms with Crippen molar-refractivity contribution in [2.24, 2.45) is 0 Å². The number of carbonyl (C=O) groups excluding carboxylic acids is 1. The summed E-state index contributed by atoms with van der Waals surface area (Å²) in [6.45, 7) is 2.44. The summed E-state index contributed by atoms with van der Waals surface area (Å²) in [6, 6.07) is 12.0. The molecule has 6 heteroatoms. The van der Waals surface area contributed by atoms with E-state index in [-0.39, 0.29) is 11.8 Å². The van der Waals surface area contributed by atoms with Gasteiger partial charge in [-0.3, -0.25) is 0 Å². The average molecular weight is 360 g/mol. The summed E-state index contributed by atoms with van der Waals surface area (Å²) < 4.78 is 0. The Morgan fingerprint density at radius 1 is 1.08 bits per heavy atom. The van der Waals surface area contributed by atoms with Crippen molar-refractivity contribution in [3.63, 3.8) is 0 Å². The Kier molecular flexibility index (Phi) is 5.66. The van der Waals surface area contributed by atoms with Gasteiger partial charge in [0, 0.05) is 25.3 Å². The number of anilines is 2. The number of benzene rings is 2. The maximum Gasteiger partial charge on any atom is 0.319 e. The molecule has 25 heavy (non-hydrogen) atoms. The number of urea groups is 1. The first kappa shape index (κ1) is 17.4. The van der Waals surface area contributed by atoms with Crippen molar-refractivity contribution in [2.75, 3.05) is 23.3 Å². The van der Waals surface area contributed by atoms with Gasteiger partial charge in [-0.15, -0.1) is 0 Å². The zero-order chi connectivity index (χ0) is 17.6. The molecule has 0 radical (unpaired) electrons. The second kappa shape index (κ2) is 8.12. The first-order chi connectivity index (χ1) is 12.1. The molecule has 1 heterocycles. The number of piperidine rings is 1. The Balaban J connectivity index is 1.55. The minimum absolute atomic E-state index is 0.205. The Bertz CT molecular complexity index is 728. The zero-order valence-corrected chi connectivity index (χ0v) is 14.7. The molecule has 1 aliphatic rings. The minimum Gasteiger partial charge on any atom is -0.508 e. The van der Waals surface area contributed by atoms with Crippen LogP contribution < -0.4 is 15.5 Å². The summed E-state index contributed by atoms with van der Waals surface area (Å²) in [7, 11) is 0. The van der Waals surface area contributed by atoms with Crippen molar-refractivity contribution in [3.8, 4) is 5.75 Å². The van der Waals surface area contributed by atoms with Gasteiger partial charge in [-0.05, 0) is 55.2 Å². The number of hydrogen-bond donors (Lipinski definition) is 3. The van der Waals surface area contributed by atoms with Gasteiger partial charge in [0.25, 0.3) is 0 Å². The zero-order valence-electron chi connectivity index (χ0n) is 14.0. The van der Waals surface area contributed by atoms with Crippen LogP contribution in [0.2, 0.25) is 5.02 Å². The molecule has 3 rings (SSSR count). The van der Waals surface area contributed by atoms with Gasteiger partial charge in [0.15, 0.2) is 0 Å². The van der Waals surface area contributed by atoms with Crippen molar-refractivity contribution in [2.45, 2.75) is 25.8 Å². The van der Waals surface area contributed by atoms with E-state index in [1.807, 2.05) is 12.1 Å². The number of halogens is 1. The summed E-state index contributed by atoms with van der Waals surface area (Å²) in [5.41, 5.74) is 2.59. The number of phenolic OH excluding ortho intramolecular Hbond substituents is 1. The van der Waals surface area contributed by atoms with Crippen LogP contribution in [0.5, 0.6) is 5.75 Å². The van der Waals surface area contributed by atoms with E-state index >= 15 is 0 Å². The number of carbonyl (C=O) groups is 1. The summed E-state index contributed by atoms with van der Waals surface area (Å²) in [4.78, 5) is 14.3. The lowest BCUT2D eigenvalue weighted by Crippen LogP contribution is -2.30. The highest BCUT2D eigenvalue weighted by molar-refractivity contribution is 6.33. The number of rotatable bonds is 4. The molecule has 0 atom stereocenters. The highest BCUT2D eigenvalue weighted by Gasteiger charge is 2.14. The molecule has 1 aliphatic heterocycles. The molecule has 0 aliphatic carbocycles. The van der Waals surface area contributed by atoms with Crippen molar-refractivity contribution in [1.82, 2.24) is 5.32 Å². The van der Waals surface area contributed by atoms with Crippen molar-refractivity contribution in [1.29, 1.82) is 0 Å². The SMILES string of the molecule is O=C(NCc1ccc(O)cc1)Nc1ccc(N2CCCCC2)c(Cl)c1. The van der Waals surface area contributed by atoms with Crippen LogP contribution in [0.1, 0.15) is 24.8 Å². The lowest BCUT2D eigenvalue weighted by atomic mass is 10.1. The summed E-state index contributed by atoms with van der Waals surface area (Å²) >= 11 is 6.40. The molecule has 2 aromatic carbocycles. The Morgan fingerprint density at radius 2 is 1.80 bits per heavy atom. The predicted octanol–water partition coefficient (Wildman–Crippen LogP) is 4.36. The lowest BCUT2D eigenvalue weighted by Gasteiger charge is -2.29. The number of aromatic hydroxyl groups is 1. The number of nitrogens with zero attached hydrogens (tertiary/aromatic N) is 1. The van der Waals surface area contributed by atoms with Crippen LogP contribution in [-0.2, 0) is 6.54 Å². The van der Waals surface area contributed by atoms with Crippen LogP contribution in [0.15, 0.2) is 42.5 Å². The standard InChI is InChI=1S/C19H22ClN3O2/c20-17-12-15(6-9-18(17)23-10-2-1-3-11-23)22-19(25)21-13-14-4-7-16(24)8-5-14/h4-9,12,24H,1-3,10-11,13H2,(H2,21,22,25). The molecule has 3 N–H and O–H groups in total. The van der Waals surface area contributed by atoms with Crippen LogP contribution in [-0.4, -0.2) is 24.2 Å². The first-order valence-electron chi connectivity index (χ1n) is 8.49. The summed E-state index contributed by atoms with van der Waals surface area (Å²) in [6.07, 6.45) is 3.65. The molecule has 0 unspecified atom stereocenters. The van der Waals surface area contributed by atoms with Gasteiger partial charge in [-0.1, -0.05) is 23.7 Å². The van der Waals surface area contributed by atoms with Gasteiger partial charge < -0.3 is 20.6 Å². The molecular weight excluding hydrogens is 338 g/mol. The van der Waals surface area contributed by atoms with E-state index in [1.165, 1.54) is 19.3 Å². The normalized spacial score (nSPS) is 14.2. The van der Waals surface area contributed by atoms with Crippen LogP contribution in [0.4, 0.5) is 16.2 Å². The smallest absolute Gasteiger partial charge is 0.319 e. The molecule has 2 amide bonds. The molecule has 0 spiro atoms. The fourth-order valence-corrected chi connectivity index (χ4v) is 3.25. The first-order valence-corrected chi connectivity index (χ1v) is 8.87. The van der Waals surface area contributed by atoms with E-state index in [0.29, 0.717) is 17.3 Å². The Morgan fingerprint density at radius 3 is 2.48 bits per heavy atom. The van der Waals surface area contributed by atoms with Crippen LogP contribution in [0.3, 0.4) is 0 Å². The third-order valence-corrected chi connectivity index (χ3v) is 4.59. The van der Waals surface area contributed by atoms with Gasteiger partial charge in [-0.2, -0.15) is 0 Å². The Labute approximate surface area is 152 Å². The van der Waals surface area contributed by atoms with Gasteiger partial charge >= 0.3 is 6.03 Å². The van der Waals surface area contributed by atoms with Crippen molar-refractivity contribution < 1.29 is 9.90 Å². The lowest BCUT2D eigenvalue weighted by molar-refractivity contribution is 0.251. The highest BCUT2D eigenvalue weighted by atomic mass is 35.5. The molecule has 1 saturated heterocycles. The second-order valence-corrected chi connectivity index (χ2v) is 6.60. The van der Waals surface area contributed by atoms with E-state index in [0.717, 1.165) is 24.3 Å². The molecule has 132 valence electrons. The van der Waals surface area contributed by atoms with Crippen molar-refractivity contribution in [3.05, 3.63) is 53.1 Å². The molecule has 2 aromatic rings. The molecule has 5 nitrogen and oxygen atoms in total. The van der Waals surface area contributed by atoms with Crippen molar-refractivity contribution >= 4 is 29.0 Å². The maximum absolute atomic E-state index is 12.0. The molecule has 1 fully saturated rings. The molecule has 0 aromatic heterocycles. The largest absolute Gasteiger partial charge is 0.508 e. The third-order valence-electron chi connectivity index (χ3n) is 4.29. The van der Waals surface area contributed by atoms with E-state index < -0.39 is 0 Å². The van der Waals surface area contributed by atoms with Crippen LogP contribution in [0, 0.1) is 0 Å². The van der Waals surface area contributed by atoms with E-state index in [1.54, 1.807) is 30.3 Å². The van der Waals surface area contributed by atoms with E-state index in [9.17, 15) is 9.90 Å². The summed E-state index contributed by atoms with van der Waals surface area (Å²) in [5.74, 6) is 0.205. The fraction of sp³-hybridized carbons (Fsp3) is 0.316. The highest BCUT2D eigenvalue weighted by Crippen LogP contribution is 2.30. The number of nitrogens with one attached hydrogen (secondary N) is 2. The average Bonchev–Trinajstić information content (AvgIpc) is 2.62.